The molecule has 0 atom stereocenters. The molecule has 0 aliphatic heterocycles. The minimum absolute atomic E-state index is 0.137. The smallest absolute Gasteiger partial charge is 0.359 e. The predicted molar refractivity (Wildman–Crippen MR) is 128 cm³/mol. The highest BCUT2D eigenvalue weighted by Gasteiger charge is 2.18. The molecule has 0 amide bonds. The van der Waals surface area contributed by atoms with Crippen LogP contribution in [0.2, 0.25) is 0 Å². The van der Waals surface area contributed by atoms with Crippen molar-refractivity contribution in [2.75, 3.05) is 27.2 Å². The molecule has 0 fully saturated rings. The van der Waals surface area contributed by atoms with Gasteiger partial charge in [-0.1, -0.05) is 62.6 Å². The molecule has 0 unspecified atom stereocenters. The van der Waals surface area contributed by atoms with Crippen molar-refractivity contribution in [1.29, 1.82) is 0 Å². The Morgan fingerprint density at radius 2 is 1.27 bits per heavy atom. The largest absolute Gasteiger partial charge is 0.477 e. The van der Waals surface area contributed by atoms with Crippen molar-refractivity contribution in [2.24, 2.45) is 0 Å². The first-order chi connectivity index (χ1) is 14.4. The summed E-state index contributed by atoms with van der Waals surface area (Å²) < 4.78 is 0.478. The number of hydrogen-bond acceptors (Lipinski definition) is 2. The predicted octanol–water partition coefficient (Wildman–Crippen LogP) is 6.48. The number of quaternary nitrogens is 1. The van der Waals surface area contributed by atoms with Crippen LogP contribution >= 0.6 is 0 Å². The third-order valence-electron chi connectivity index (χ3n) is 5.14. The second-order valence-corrected chi connectivity index (χ2v) is 8.81. The average Bonchev–Trinajstić information content (AvgIpc) is 2.67. The van der Waals surface area contributed by atoms with E-state index in [2.05, 4.69) is 43.4 Å². The van der Waals surface area contributed by atoms with Gasteiger partial charge in [-0.2, -0.15) is 0 Å². The zero-order valence-electron chi connectivity index (χ0n) is 19.8. The summed E-state index contributed by atoms with van der Waals surface area (Å²) in [4.78, 5) is 22.8. The molecule has 0 heterocycles. The molecule has 0 aromatic heterocycles. The number of carboxylic acids is 1. The monoisotopic (exact) mass is 420 g/mol. The van der Waals surface area contributed by atoms with Gasteiger partial charge >= 0.3 is 5.97 Å². The van der Waals surface area contributed by atoms with E-state index in [0.29, 0.717) is 23.1 Å². The molecule has 0 spiro atoms. The summed E-state index contributed by atoms with van der Waals surface area (Å²) >= 11 is 0. The van der Waals surface area contributed by atoms with Gasteiger partial charge in [0.25, 0.3) is 0 Å². The first-order valence-corrected chi connectivity index (χ1v) is 11.9. The van der Waals surface area contributed by atoms with Gasteiger partial charge in [-0.05, 0) is 51.4 Å². The van der Waals surface area contributed by atoms with E-state index in [1.54, 1.807) is 0 Å². The number of carbonyl (C=O) groups excluding carboxylic acids is 1. The van der Waals surface area contributed by atoms with Gasteiger partial charge in [0.1, 0.15) is 5.78 Å². The van der Waals surface area contributed by atoms with E-state index >= 15 is 0 Å². The lowest BCUT2D eigenvalue weighted by molar-refractivity contribution is -0.883. The van der Waals surface area contributed by atoms with Crippen molar-refractivity contribution in [3.8, 4) is 0 Å². The van der Waals surface area contributed by atoms with Gasteiger partial charge in [-0.25, -0.2) is 4.79 Å². The molecule has 1 N–H and O–H groups in total. The first-order valence-electron chi connectivity index (χ1n) is 11.9. The Kier molecular flexibility index (Phi) is 18.2. The second-order valence-electron chi connectivity index (χ2n) is 8.81. The highest BCUT2D eigenvalue weighted by Crippen LogP contribution is 2.11. The van der Waals surface area contributed by atoms with Gasteiger partial charge in [0, 0.05) is 12.8 Å². The van der Waals surface area contributed by atoms with Gasteiger partial charge < -0.3 is 9.59 Å². The number of likely N-dealkylation sites (N-methyl/N-ethyl adjacent to an activating group) is 1. The number of carboxylic acid groups (broad SMARTS) is 1. The molecular weight excluding hydrogens is 374 g/mol. The highest BCUT2D eigenvalue weighted by atomic mass is 16.4. The normalized spacial score (nSPS) is 12.5. The highest BCUT2D eigenvalue weighted by molar-refractivity contribution is 5.78. The number of hydrogen-bond donors (Lipinski definition) is 1. The van der Waals surface area contributed by atoms with E-state index in [1.165, 1.54) is 19.3 Å². The maximum Gasteiger partial charge on any atom is 0.359 e. The molecule has 0 bridgehead atoms. The van der Waals surface area contributed by atoms with Crippen LogP contribution in [0.1, 0.15) is 90.4 Å². The molecular formula is C26H46NO3+. The van der Waals surface area contributed by atoms with Crippen molar-refractivity contribution < 1.29 is 19.2 Å². The number of ketones is 1. The van der Waals surface area contributed by atoms with Crippen molar-refractivity contribution in [1.82, 2.24) is 0 Å². The van der Waals surface area contributed by atoms with Crippen molar-refractivity contribution >= 4 is 11.8 Å². The number of aliphatic carboxylic acids is 1. The Balaban J connectivity index is 3.47. The maximum absolute atomic E-state index is 12.0. The quantitative estimate of drug-likeness (QED) is 0.139. The Morgan fingerprint density at radius 3 is 1.90 bits per heavy atom. The fraction of sp³-hybridized carbons (Fsp3) is 0.692. The van der Waals surface area contributed by atoms with Crippen LogP contribution in [0.5, 0.6) is 0 Å². The summed E-state index contributed by atoms with van der Waals surface area (Å²) in [6.07, 6.45) is 26.7. The Bertz CT molecular complexity index is 532. The van der Waals surface area contributed by atoms with Gasteiger partial charge in [0.2, 0.25) is 0 Å². The Hall–Kier alpha value is -1.68. The lowest BCUT2D eigenvalue weighted by Crippen LogP contribution is -2.44. The summed E-state index contributed by atoms with van der Waals surface area (Å²) in [5.41, 5.74) is 0. The Labute approximate surface area is 185 Å². The fourth-order valence-corrected chi connectivity index (χ4v) is 3.37. The third kappa shape index (κ3) is 21.0. The van der Waals surface area contributed by atoms with E-state index in [-0.39, 0.29) is 6.54 Å². The topological polar surface area (TPSA) is 54.4 Å². The fourth-order valence-electron chi connectivity index (χ4n) is 3.37. The molecule has 0 aromatic carbocycles. The van der Waals surface area contributed by atoms with Crippen LogP contribution < -0.4 is 0 Å². The second kappa shape index (κ2) is 19.3. The van der Waals surface area contributed by atoms with Gasteiger partial charge in [0.05, 0.1) is 20.6 Å². The molecule has 4 nitrogen and oxygen atoms in total. The minimum atomic E-state index is -0.768. The van der Waals surface area contributed by atoms with Crippen LogP contribution in [0.15, 0.2) is 36.5 Å². The SMILES string of the molecule is CC/C=C/C/C=C/C/C=C/CCCCCCCC(=O)CCCC[N+](C)(C)CC(=O)O. The minimum Gasteiger partial charge on any atom is -0.477 e. The van der Waals surface area contributed by atoms with E-state index in [4.69, 9.17) is 5.11 Å². The zero-order chi connectivity index (χ0) is 22.5. The van der Waals surface area contributed by atoms with E-state index in [9.17, 15) is 9.59 Å². The molecule has 0 saturated carbocycles. The van der Waals surface area contributed by atoms with Crippen LogP contribution in [0.4, 0.5) is 0 Å². The maximum atomic E-state index is 12.0. The molecule has 172 valence electrons. The summed E-state index contributed by atoms with van der Waals surface area (Å²) in [5.74, 6) is -0.407. The standard InChI is InChI=1S/C26H45NO3/c1-4-5-6-7-8-9-10-11-12-13-14-15-16-17-18-21-25(28)22-19-20-23-27(2,3)24-26(29)30/h5-6,8-9,11-12H,4,7,10,13-24H2,1-3H3/p+1/b6-5+,9-8+,12-11+. The number of nitrogens with zero attached hydrogens (tertiary/aromatic N) is 1. The van der Waals surface area contributed by atoms with Crippen molar-refractivity contribution in [3.05, 3.63) is 36.5 Å². The van der Waals surface area contributed by atoms with E-state index < -0.39 is 5.97 Å². The molecule has 0 aromatic rings. The first kappa shape index (κ1) is 28.3. The molecule has 0 aliphatic carbocycles. The summed E-state index contributed by atoms with van der Waals surface area (Å²) in [7, 11) is 3.85. The molecule has 0 radical (unpaired) electrons. The summed E-state index contributed by atoms with van der Waals surface area (Å²) in [6, 6.07) is 0. The zero-order valence-corrected chi connectivity index (χ0v) is 19.8. The van der Waals surface area contributed by atoms with Crippen LogP contribution in [0.3, 0.4) is 0 Å². The number of Topliss-reactive ketones (excluding diaryl/α,β-unsaturated/α-hetero) is 1. The van der Waals surface area contributed by atoms with E-state index in [0.717, 1.165) is 57.9 Å². The lowest BCUT2D eigenvalue weighted by atomic mass is 10.0. The number of allylic oxidation sites excluding steroid dienone is 6. The molecule has 0 aliphatic rings. The Morgan fingerprint density at radius 1 is 0.733 bits per heavy atom. The van der Waals surface area contributed by atoms with E-state index in [1.807, 2.05) is 14.1 Å². The van der Waals surface area contributed by atoms with Gasteiger partial charge in [0.15, 0.2) is 6.54 Å². The van der Waals surface area contributed by atoms with Crippen molar-refractivity contribution in [2.45, 2.75) is 90.4 Å². The summed E-state index contributed by atoms with van der Waals surface area (Å²) in [5, 5.41) is 8.88. The van der Waals surface area contributed by atoms with Gasteiger partial charge in [-0.3, -0.25) is 4.79 Å². The molecule has 30 heavy (non-hydrogen) atoms. The van der Waals surface area contributed by atoms with Gasteiger partial charge in [-0.15, -0.1) is 0 Å². The lowest BCUT2D eigenvalue weighted by Gasteiger charge is -2.27. The number of rotatable bonds is 20. The number of carbonyl (C=O) groups is 2. The number of unbranched alkanes of at least 4 members (excludes halogenated alkanes) is 6. The van der Waals surface area contributed by atoms with Crippen LogP contribution in [0.25, 0.3) is 0 Å². The third-order valence-corrected chi connectivity index (χ3v) is 5.14. The average molecular weight is 421 g/mol. The van der Waals surface area contributed by atoms with Crippen molar-refractivity contribution in [3.63, 3.8) is 0 Å². The molecule has 0 saturated heterocycles. The van der Waals surface area contributed by atoms with Crippen LogP contribution in [-0.4, -0.2) is 48.5 Å². The molecule has 0 rings (SSSR count). The molecule has 4 heteroatoms. The van der Waals surface area contributed by atoms with Crippen LogP contribution in [-0.2, 0) is 9.59 Å². The summed E-state index contributed by atoms with van der Waals surface area (Å²) in [6.45, 7) is 3.10. The van der Waals surface area contributed by atoms with Crippen LogP contribution in [0, 0.1) is 0 Å².